The van der Waals surface area contributed by atoms with E-state index in [-0.39, 0.29) is 6.61 Å². The molecule has 2 aromatic rings. The lowest BCUT2D eigenvalue weighted by Gasteiger charge is -2.11. The molecule has 26 heavy (non-hydrogen) atoms. The van der Waals surface area contributed by atoms with Crippen LogP contribution in [0.5, 0.6) is 5.75 Å². The average Bonchev–Trinajstić information content (AvgIpc) is 2.66. The van der Waals surface area contributed by atoms with Gasteiger partial charge < -0.3 is 14.4 Å². The Morgan fingerprint density at radius 2 is 1.42 bits per heavy atom. The number of hydrogen-bond donors (Lipinski definition) is 0. The number of halogens is 1. The second kappa shape index (κ2) is 11.0. The van der Waals surface area contributed by atoms with Crippen LogP contribution in [-0.2, 0) is 4.74 Å². The summed E-state index contributed by atoms with van der Waals surface area (Å²) in [5.41, 5.74) is 3.06. The fourth-order valence-electron chi connectivity index (χ4n) is 2.08. The number of ether oxygens (including phenoxy) is 2. The van der Waals surface area contributed by atoms with E-state index in [0.29, 0.717) is 13.2 Å². The highest BCUT2D eigenvalue weighted by atomic mass is 19.1. The number of nitrogens with zero attached hydrogens (tertiary/aromatic N) is 3. The van der Waals surface area contributed by atoms with Crippen LogP contribution in [0.15, 0.2) is 58.7 Å². The molecule has 0 aliphatic rings. The molecule has 0 fully saturated rings. The van der Waals surface area contributed by atoms with E-state index in [1.165, 1.54) is 0 Å². The largest absolute Gasteiger partial charge is 0.491 e. The van der Waals surface area contributed by atoms with E-state index in [1.807, 2.05) is 67.5 Å². The van der Waals surface area contributed by atoms with Crippen molar-refractivity contribution >= 4 is 18.1 Å². The molecule has 0 heterocycles. The molecular formula is C20H24FN3O2. The minimum atomic E-state index is -0.474. The smallest absolute Gasteiger partial charge is 0.119 e. The molecule has 138 valence electrons. The molecule has 0 atom stereocenters. The summed E-state index contributed by atoms with van der Waals surface area (Å²) < 4.78 is 22.4. The summed E-state index contributed by atoms with van der Waals surface area (Å²) in [6.07, 6.45) is 3.39. The Kier molecular flexibility index (Phi) is 8.29. The van der Waals surface area contributed by atoms with E-state index in [2.05, 4.69) is 10.2 Å². The summed E-state index contributed by atoms with van der Waals surface area (Å²) >= 11 is 0. The molecule has 0 saturated heterocycles. The highest BCUT2D eigenvalue weighted by Crippen LogP contribution is 2.12. The van der Waals surface area contributed by atoms with Gasteiger partial charge in [-0.2, -0.15) is 10.2 Å². The maximum atomic E-state index is 11.9. The van der Waals surface area contributed by atoms with Crippen LogP contribution in [0, 0.1) is 0 Å². The van der Waals surface area contributed by atoms with Crippen LogP contribution in [0.4, 0.5) is 10.1 Å². The molecule has 2 rings (SSSR count). The van der Waals surface area contributed by atoms with Gasteiger partial charge in [0, 0.05) is 19.8 Å². The summed E-state index contributed by atoms with van der Waals surface area (Å²) in [5, 5.41) is 8.12. The molecule has 0 aromatic heterocycles. The van der Waals surface area contributed by atoms with Crippen molar-refractivity contribution in [3.05, 3.63) is 59.7 Å². The zero-order valence-corrected chi connectivity index (χ0v) is 15.1. The topological polar surface area (TPSA) is 46.4 Å². The first kappa shape index (κ1) is 19.6. The van der Waals surface area contributed by atoms with E-state index >= 15 is 0 Å². The Bertz CT molecular complexity index is 698. The Morgan fingerprint density at radius 1 is 0.846 bits per heavy atom. The lowest BCUT2D eigenvalue weighted by molar-refractivity contribution is 0.0897. The molecular weight excluding hydrogens is 333 g/mol. The van der Waals surface area contributed by atoms with Crippen molar-refractivity contribution in [3.63, 3.8) is 0 Å². The summed E-state index contributed by atoms with van der Waals surface area (Å²) in [4.78, 5) is 2.05. The third kappa shape index (κ3) is 7.03. The average molecular weight is 357 g/mol. The van der Waals surface area contributed by atoms with Crippen LogP contribution in [-0.4, -0.2) is 53.0 Å². The first-order valence-electron chi connectivity index (χ1n) is 8.39. The maximum Gasteiger partial charge on any atom is 0.119 e. The van der Waals surface area contributed by atoms with Crippen molar-refractivity contribution in [2.75, 3.05) is 45.5 Å². The van der Waals surface area contributed by atoms with Gasteiger partial charge in [-0.1, -0.05) is 12.1 Å². The van der Waals surface area contributed by atoms with Gasteiger partial charge in [-0.15, -0.1) is 0 Å². The molecule has 0 amide bonds. The normalized spacial score (nSPS) is 11.3. The van der Waals surface area contributed by atoms with Crippen LogP contribution in [0.25, 0.3) is 0 Å². The van der Waals surface area contributed by atoms with Crippen molar-refractivity contribution in [2.45, 2.75) is 0 Å². The van der Waals surface area contributed by atoms with Crippen molar-refractivity contribution in [2.24, 2.45) is 10.2 Å². The van der Waals surface area contributed by atoms with E-state index in [4.69, 9.17) is 9.47 Å². The molecule has 2 aromatic carbocycles. The number of anilines is 1. The van der Waals surface area contributed by atoms with Gasteiger partial charge in [0.1, 0.15) is 19.0 Å². The van der Waals surface area contributed by atoms with Gasteiger partial charge >= 0.3 is 0 Å². The van der Waals surface area contributed by atoms with E-state index < -0.39 is 6.67 Å². The van der Waals surface area contributed by atoms with Gasteiger partial charge in [-0.25, -0.2) is 4.39 Å². The van der Waals surface area contributed by atoms with E-state index in [9.17, 15) is 4.39 Å². The van der Waals surface area contributed by atoms with Crippen LogP contribution in [0.1, 0.15) is 11.1 Å². The maximum absolute atomic E-state index is 11.9. The van der Waals surface area contributed by atoms with E-state index in [1.54, 1.807) is 12.4 Å². The zero-order valence-electron chi connectivity index (χ0n) is 15.1. The fraction of sp³-hybridized carbons (Fsp3) is 0.300. The monoisotopic (exact) mass is 357 g/mol. The second-order valence-electron chi connectivity index (χ2n) is 5.69. The minimum absolute atomic E-state index is 0.110. The van der Waals surface area contributed by atoms with Gasteiger partial charge in [-0.05, 0) is 47.5 Å². The van der Waals surface area contributed by atoms with Gasteiger partial charge in [0.15, 0.2) is 0 Å². The molecule has 0 aliphatic carbocycles. The third-order valence-electron chi connectivity index (χ3n) is 3.49. The van der Waals surface area contributed by atoms with Gasteiger partial charge in [-0.3, -0.25) is 0 Å². The van der Waals surface area contributed by atoms with Crippen molar-refractivity contribution in [1.29, 1.82) is 0 Å². The van der Waals surface area contributed by atoms with Gasteiger partial charge in [0.05, 0.1) is 25.6 Å². The van der Waals surface area contributed by atoms with Crippen LogP contribution in [0.2, 0.25) is 0 Å². The Balaban J connectivity index is 1.78. The fourth-order valence-corrected chi connectivity index (χ4v) is 2.08. The highest BCUT2D eigenvalue weighted by Gasteiger charge is 1.95. The first-order chi connectivity index (χ1) is 12.7. The molecule has 0 spiro atoms. The van der Waals surface area contributed by atoms with Gasteiger partial charge in [0.2, 0.25) is 0 Å². The summed E-state index contributed by atoms with van der Waals surface area (Å²) in [6, 6.07) is 15.5. The number of rotatable bonds is 10. The molecule has 0 N–H and O–H groups in total. The zero-order chi connectivity index (χ0) is 18.6. The van der Waals surface area contributed by atoms with Crippen LogP contribution in [0.3, 0.4) is 0 Å². The van der Waals surface area contributed by atoms with Gasteiger partial charge in [0.25, 0.3) is 0 Å². The van der Waals surface area contributed by atoms with Crippen LogP contribution >= 0.6 is 0 Å². The van der Waals surface area contributed by atoms with E-state index in [0.717, 1.165) is 22.6 Å². The van der Waals surface area contributed by atoms with Crippen molar-refractivity contribution < 1.29 is 13.9 Å². The SMILES string of the molecule is CN(C)c1ccc(/C=N/N=C/c2ccc(OCCOCCF)cc2)cc1. The first-order valence-corrected chi connectivity index (χ1v) is 8.39. The molecule has 6 heteroatoms. The van der Waals surface area contributed by atoms with Crippen molar-refractivity contribution in [1.82, 2.24) is 0 Å². The molecule has 5 nitrogen and oxygen atoms in total. The molecule has 0 unspecified atom stereocenters. The number of alkyl halides is 1. The summed E-state index contributed by atoms with van der Waals surface area (Å²) in [7, 11) is 4.01. The standard InChI is InChI=1S/C20H24FN3O2/c1-24(2)19-7-3-17(4-8-19)15-22-23-16-18-5-9-20(10-6-18)26-14-13-25-12-11-21/h3-10,15-16H,11-14H2,1-2H3/b22-15+,23-16+. The Hall–Kier alpha value is -2.73. The lowest BCUT2D eigenvalue weighted by Crippen LogP contribution is -2.08. The quantitative estimate of drug-likeness (QED) is 0.371. The second-order valence-corrected chi connectivity index (χ2v) is 5.69. The third-order valence-corrected chi connectivity index (χ3v) is 3.49. The van der Waals surface area contributed by atoms with Crippen molar-refractivity contribution in [3.8, 4) is 5.75 Å². The highest BCUT2D eigenvalue weighted by molar-refractivity contribution is 5.83. The number of benzene rings is 2. The molecule has 0 aliphatic heterocycles. The lowest BCUT2D eigenvalue weighted by atomic mass is 10.2. The Labute approximate surface area is 153 Å². The molecule has 0 bridgehead atoms. The Morgan fingerprint density at radius 3 is 1.96 bits per heavy atom. The predicted molar refractivity (Wildman–Crippen MR) is 105 cm³/mol. The minimum Gasteiger partial charge on any atom is -0.491 e. The molecule has 0 saturated carbocycles. The van der Waals surface area contributed by atoms with Crippen LogP contribution < -0.4 is 9.64 Å². The summed E-state index contributed by atoms with van der Waals surface area (Å²) in [6.45, 7) is 0.401. The molecule has 0 radical (unpaired) electrons. The summed E-state index contributed by atoms with van der Waals surface area (Å²) in [5.74, 6) is 0.732. The number of hydrogen-bond acceptors (Lipinski definition) is 5. The predicted octanol–water partition coefficient (Wildman–Crippen LogP) is 3.57.